The van der Waals surface area contributed by atoms with Gasteiger partial charge in [0.2, 0.25) is 0 Å². The molecule has 8 aromatic rings. The number of aromatic nitrogens is 1. The molecule has 54 heavy (non-hydrogen) atoms. The lowest BCUT2D eigenvalue weighted by Gasteiger charge is -2.44. The minimum Gasteiger partial charge on any atom is -0.454 e. The average molecular weight is 700 g/mol. The van der Waals surface area contributed by atoms with Crippen molar-refractivity contribution in [3.05, 3.63) is 156 Å². The first kappa shape index (κ1) is 31.6. The fraction of sp³-hybridized carbons (Fsp3) is 0.184. The third kappa shape index (κ3) is 4.38. The van der Waals surface area contributed by atoms with Crippen molar-refractivity contribution in [1.82, 2.24) is 4.57 Å². The highest BCUT2D eigenvalue weighted by molar-refractivity contribution is 7.00. The third-order valence-corrected chi connectivity index (χ3v) is 12.2. The van der Waals surface area contributed by atoms with E-state index in [0.29, 0.717) is 0 Å². The molecule has 0 fully saturated rings. The van der Waals surface area contributed by atoms with E-state index in [1.54, 1.807) is 0 Å². The van der Waals surface area contributed by atoms with E-state index < -0.39 is 0 Å². The van der Waals surface area contributed by atoms with Gasteiger partial charge in [-0.2, -0.15) is 0 Å². The number of fused-ring (bicyclic) bond motifs is 9. The maximum absolute atomic E-state index is 6.92. The Labute approximate surface area is 317 Å². The Morgan fingerprint density at radius 1 is 0.593 bits per heavy atom. The Morgan fingerprint density at radius 3 is 1.98 bits per heavy atom. The van der Waals surface area contributed by atoms with Crippen LogP contribution in [0.15, 0.2) is 138 Å². The van der Waals surface area contributed by atoms with Gasteiger partial charge in [0.05, 0.1) is 11.4 Å². The van der Waals surface area contributed by atoms with Crippen molar-refractivity contribution in [3.63, 3.8) is 0 Å². The fourth-order valence-corrected chi connectivity index (χ4v) is 9.76. The van der Waals surface area contributed by atoms with Gasteiger partial charge >= 0.3 is 0 Å². The van der Waals surface area contributed by atoms with Crippen LogP contribution in [-0.2, 0) is 18.3 Å². The Bertz CT molecular complexity index is 2790. The van der Waals surface area contributed by atoms with E-state index in [1.165, 1.54) is 80.3 Å². The molecular weight excluding hydrogens is 657 g/mol. The topological polar surface area (TPSA) is 24.6 Å². The van der Waals surface area contributed by atoms with Crippen LogP contribution in [0.3, 0.4) is 0 Å². The van der Waals surface area contributed by atoms with E-state index >= 15 is 0 Å². The summed E-state index contributed by atoms with van der Waals surface area (Å²) in [6.45, 7) is 9.20. The Morgan fingerprint density at radius 2 is 1.22 bits per heavy atom. The summed E-state index contributed by atoms with van der Waals surface area (Å²) in [4.78, 5) is 5.14. The first-order valence-corrected chi connectivity index (χ1v) is 19.5. The maximum atomic E-state index is 6.92. The van der Waals surface area contributed by atoms with Crippen molar-refractivity contribution in [2.75, 3.05) is 9.80 Å². The number of para-hydroxylation sites is 5. The normalized spacial score (nSPS) is 14.6. The van der Waals surface area contributed by atoms with Gasteiger partial charge in [-0.25, -0.2) is 0 Å². The van der Waals surface area contributed by atoms with Crippen LogP contribution in [0.4, 0.5) is 34.1 Å². The van der Waals surface area contributed by atoms with E-state index in [-0.39, 0.29) is 12.1 Å². The second-order valence-electron chi connectivity index (χ2n) is 16.4. The molecule has 0 saturated heterocycles. The molecule has 3 aliphatic rings. The highest BCUT2D eigenvalue weighted by Crippen LogP contribution is 2.50. The zero-order chi connectivity index (χ0) is 36.3. The molecule has 1 aliphatic carbocycles. The molecule has 2 aromatic heterocycles. The zero-order valence-corrected chi connectivity index (χ0v) is 31.4. The summed E-state index contributed by atoms with van der Waals surface area (Å²) in [6, 6.07) is 49.5. The molecule has 0 atom stereocenters. The van der Waals surface area contributed by atoms with Crippen molar-refractivity contribution in [1.29, 1.82) is 0 Å². The van der Waals surface area contributed by atoms with E-state index in [1.807, 2.05) is 0 Å². The SMILES string of the molecule is Cc1cccc2c1oc1c(N3c4ccccc4B4c5c(cc(C(C)(C)C)cc53)N(c3ccccc3)c3c5c(n(-c6ccccc6)c34)CCCC5)cccc12. The molecule has 5 heteroatoms. The summed E-state index contributed by atoms with van der Waals surface area (Å²) < 4.78 is 9.57. The van der Waals surface area contributed by atoms with Gasteiger partial charge in [-0.3, -0.25) is 0 Å². The molecule has 0 amide bonds. The number of anilines is 6. The predicted octanol–water partition coefficient (Wildman–Crippen LogP) is 10.9. The number of nitrogens with zero attached hydrogens (tertiary/aromatic N) is 3. The zero-order valence-electron chi connectivity index (χ0n) is 31.4. The summed E-state index contributed by atoms with van der Waals surface area (Å²) in [5.41, 5.74) is 19.8. The molecule has 4 nitrogen and oxygen atoms in total. The number of furan rings is 1. The Balaban J connectivity index is 1.31. The van der Waals surface area contributed by atoms with Gasteiger partial charge in [0.25, 0.3) is 6.71 Å². The monoisotopic (exact) mass is 699 g/mol. The highest BCUT2D eigenvalue weighted by Gasteiger charge is 2.48. The van der Waals surface area contributed by atoms with Crippen molar-refractivity contribution in [3.8, 4) is 5.69 Å². The first-order chi connectivity index (χ1) is 26.4. The highest BCUT2D eigenvalue weighted by atomic mass is 16.3. The van der Waals surface area contributed by atoms with Crippen LogP contribution in [0.2, 0.25) is 0 Å². The van der Waals surface area contributed by atoms with Gasteiger partial charge < -0.3 is 18.8 Å². The lowest BCUT2D eigenvalue weighted by Crippen LogP contribution is -2.63. The van der Waals surface area contributed by atoms with Gasteiger partial charge in [0, 0.05) is 50.5 Å². The van der Waals surface area contributed by atoms with Gasteiger partial charge in [0.1, 0.15) is 5.58 Å². The molecule has 2 aliphatic heterocycles. The first-order valence-electron chi connectivity index (χ1n) is 19.5. The average Bonchev–Trinajstić information content (AvgIpc) is 3.75. The number of benzene rings is 6. The van der Waals surface area contributed by atoms with E-state index in [9.17, 15) is 0 Å². The largest absolute Gasteiger partial charge is 0.454 e. The number of hydrogen-bond donors (Lipinski definition) is 0. The molecule has 0 radical (unpaired) electrons. The van der Waals surface area contributed by atoms with Crippen LogP contribution in [0, 0.1) is 6.92 Å². The van der Waals surface area contributed by atoms with Crippen molar-refractivity contribution in [2.45, 2.75) is 58.8 Å². The molecule has 11 rings (SSSR count). The number of rotatable bonds is 3. The minimum absolute atomic E-state index is 0.0226. The molecule has 0 spiro atoms. The summed E-state index contributed by atoms with van der Waals surface area (Å²) in [6.07, 6.45) is 4.56. The van der Waals surface area contributed by atoms with E-state index in [2.05, 4.69) is 176 Å². The maximum Gasteiger partial charge on any atom is 0.273 e. The molecule has 6 aromatic carbocycles. The van der Waals surface area contributed by atoms with Crippen molar-refractivity contribution < 1.29 is 4.42 Å². The molecule has 0 N–H and O–H groups in total. The van der Waals surface area contributed by atoms with Crippen LogP contribution in [0.1, 0.15) is 56.0 Å². The molecule has 0 unspecified atom stereocenters. The van der Waals surface area contributed by atoms with Crippen LogP contribution in [0.25, 0.3) is 27.6 Å². The standard InChI is InChI=1S/C49H42BN3O/c1-31-17-15-23-35-36-24-16-28-41(47(36)54-46(31)35)53-40-27-14-12-25-38(40)50-44-42(29-32(30-43(44)53)49(2,3)4)51(33-18-7-5-8-19-33)45-37-22-11-13-26-39(37)52(48(45)50)34-20-9-6-10-21-34/h5-10,12,14-21,23-25,27-30H,11,13,22,26H2,1-4H3. The second-order valence-corrected chi connectivity index (χ2v) is 16.4. The van der Waals surface area contributed by atoms with Crippen molar-refractivity contribution >= 4 is 79.3 Å². The van der Waals surface area contributed by atoms with Crippen LogP contribution < -0.4 is 26.3 Å². The van der Waals surface area contributed by atoms with Crippen LogP contribution >= 0.6 is 0 Å². The summed E-state index contributed by atoms with van der Waals surface area (Å²) in [7, 11) is 0. The smallest absolute Gasteiger partial charge is 0.273 e. The lowest BCUT2D eigenvalue weighted by molar-refractivity contribution is 0.590. The van der Waals surface area contributed by atoms with Gasteiger partial charge in [-0.05, 0) is 114 Å². The number of hydrogen-bond acceptors (Lipinski definition) is 3. The second kappa shape index (κ2) is 11.5. The Hall–Kier alpha value is -5.94. The minimum atomic E-state index is -0.0931. The van der Waals surface area contributed by atoms with E-state index in [4.69, 9.17) is 4.42 Å². The van der Waals surface area contributed by atoms with Gasteiger partial charge in [-0.1, -0.05) is 106 Å². The number of aryl methyl sites for hydroxylation is 1. The quantitative estimate of drug-likeness (QED) is 0.172. The molecular formula is C49H42BN3O. The van der Waals surface area contributed by atoms with Crippen LogP contribution in [-0.4, -0.2) is 11.3 Å². The molecule has 4 heterocycles. The summed E-state index contributed by atoms with van der Waals surface area (Å²) in [5.74, 6) is 0. The lowest BCUT2D eigenvalue weighted by atomic mass is 9.34. The summed E-state index contributed by atoms with van der Waals surface area (Å²) >= 11 is 0. The predicted molar refractivity (Wildman–Crippen MR) is 227 cm³/mol. The van der Waals surface area contributed by atoms with Crippen molar-refractivity contribution in [2.24, 2.45) is 0 Å². The third-order valence-electron chi connectivity index (χ3n) is 12.2. The van der Waals surface area contributed by atoms with Gasteiger partial charge in [0.15, 0.2) is 5.58 Å². The molecule has 262 valence electrons. The fourth-order valence-electron chi connectivity index (χ4n) is 9.76. The van der Waals surface area contributed by atoms with Gasteiger partial charge in [-0.15, -0.1) is 0 Å². The summed E-state index contributed by atoms with van der Waals surface area (Å²) in [5, 5.41) is 2.30. The van der Waals surface area contributed by atoms with Crippen LogP contribution in [0.5, 0.6) is 0 Å². The van der Waals surface area contributed by atoms with E-state index in [0.717, 1.165) is 46.0 Å². The molecule has 0 saturated carbocycles. The Kier molecular flexibility index (Phi) is 6.74. The molecule has 0 bridgehead atoms.